The third-order valence-electron chi connectivity index (χ3n) is 2.94. The molecule has 0 aliphatic rings. The van der Waals surface area contributed by atoms with Gasteiger partial charge in [-0.25, -0.2) is 0 Å². The first-order valence-electron chi connectivity index (χ1n) is 6.30. The Morgan fingerprint density at radius 1 is 1.25 bits per heavy atom. The number of rotatable bonds is 7. The Labute approximate surface area is 121 Å². The Morgan fingerprint density at radius 3 is 2.60 bits per heavy atom. The highest BCUT2D eigenvalue weighted by Gasteiger charge is 2.12. The molecule has 0 fully saturated rings. The third kappa shape index (κ3) is 4.12. The summed E-state index contributed by atoms with van der Waals surface area (Å²) < 4.78 is 0. The predicted molar refractivity (Wildman–Crippen MR) is 78.8 cm³/mol. The van der Waals surface area contributed by atoms with Crippen LogP contribution >= 0.6 is 11.3 Å². The molecule has 1 unspecified atom stereocenters. The van der Waals surface area contributed by atoms with Crippen molar-refractivity contribution in [2.45, 2.75) is 19.0 Å². The van der Waals surface area contributed by atoms with Crippen molar-refractivity contribution < 1.29 is 10.0 Å². The maximum atomic E-state index is 10.6. The molecule has 0 bridgehead atoms. The van der Waals surface area contributed by atoms with E-state index in [-0.39, 0.29) is 22.6 Å². The van der Waals surface area contributed by atoms with Gasteiger partial charge in [-0.1, -0.05) is 41.7 Å². The summed E-state index contributed by atoms with van der Waals surface area (Å²) in [6.07, 6.45) is 0.727. The van der Waals surface area contributed by atoms with Crippen LogP contribution in [-0.2, 0) is 13.0 Å². The van der Waals surface area contributed by atoms with Gasteiger partial charge in [-0.2, -0.15) is 0 Å². The minimum atomic E-state index is -0.387. The van der Waals surface area contributed by atoms with Crippen molar-refractivity contribution >= 4 is 16.3 Å². The summed E-state index contributed by atoms with van der Waals surface area (Å²) in [6, 6.07) is 13.1. The fraction of sp³-hybridized carbons (Fsp3) is 0.286. The highest BCUT2D eigenvalue weighted by Crippen LogP contribution is 2.23. The lowest BCUT2D eigenvalue weighted by Gasteiger charge is -2.15. The van der Waals surface area contributed by atoms with Gasteiger partial charge in [-0.05, 0) is 18.1 Å². The highest BCUT2D eigenvalue weighted by atomic mass is 32.1. The number of hydrogen-bond acceptors (Lipinski definition) is 5. The van der Waals surface area contributed by atoms with E-state index in [2.05, 4.69) is 5.32 Å². The van der Waals surface area contributed by atoms with Crippen LogP contribution in [0.15, 0.2) is 42.5 Å². The lowest BCUT2D eigenvalue weighted by Crippen LogP contribution is -2.33. The monoisotopic (exact) mass is 292 g/mol. The molecule has 0 aliphatic heterocycles. The van der Waals surface area contributed by atoms with E-state index in [1.807, 2.05) is 30.3 Å². The van der Waals surface area contributed by atoms with E-state index in [1.54, 1.807) is 6.07 Å². The molecular formula is C14H16N2O3S. The van der Waals surface area contributed by atoms with Crippen LogP contribution in [0.2, 0.25) is 0 Å². The molecule has 1 atom stereocenters. The van der Waals surface area contributed by atoms with Crippen LogP contribution in [0.25, 0.3) is 0 Å². The summed E-state index contributed by atoms with van der Waals surface area (Å²) in [5.74, 6) is 0. The van der Waals surface area contributed by atoms with Crippen molar-refractivity contribution in [1.82, 2.24) is 5.32 Å². The van der Waals surface area contributed by atoms with Crippen molar-refractivity contribution in [1.29, 1.82) is 0 Å². The summed E-state index contributed by atoms with van der Waals surface area (Å²) in [5.41, 5.74) is 1.15. The second-order valence-corrected chi connectivity index (χ2v) is 5.59. The summed E-state index contributed by atoms with van der Waals surface area (Å²) in [7, 11) is 0. The molecule has 2 aromatic rings. The lowest BCUT2D eigenvalue weighted by molar-refractivity contribution is -0.380. The van der Waals surface area contributed by atoms with Crippen molar-refractivity contribution in [3.63, 3.8) is 0 Å². The zero-order chi connectivity index (χ0) is 14.4. The second kappa shape index (κ2) is 7.14. The average Bonchev–Trinajstić information content (AvgIpc) is 2.93. The molecule has 0 radical (unpaired) electrons. The molecule has 0 aliphatic carbocycles. The molecule has 2 N–H and O–H groups in total. The zero-order valence-corrected chi connectivity index (χ0v) is 11.7. The third-order valence-corrected chi connectivity index (χ3v) is 3.97. The van der Waals surface area contributed by atoms with E-state index in [1.165, 1.54) is 6.07 Å². The molecule has 1 aromatic heterocycles. The summed E-state index contributed by atoms with van der Waals surface area (Å²) >= 11 is 1.16. The van der Waals surface area contributed by atoms with Crippen molar-refractivity contribution in [2.75, 3.05) is 6.61 Å². The molecule has 106 valence electrons. The van der Waals surface area contributed by atoms with E-state index >= 15 is 0 Å². The fourth-order valence-electron chi connectivity index (χ4n) is 1.90. The molecule has 5 nitrogen and oxygen atoms in total. The first-order valence-corrected chi connectivity index (χ1v) is 7.12. The van der Waals surface area contributed by atoms with E-state index in [4.69, 9.17) is 0 Å². The number of nitrogens with one attached hydrogen (secondary N) is 1. The van der Waals surface area contributed by atoms with Gasteiger partial charge in [0.05, 0.1) is 11.5 Å². The maximum absolute atomic E-state index is 10.6. The first-order chi connectivity index (χ1) is 9.69. The van der Waals surface area contributed by atoms with Crippen LogP contribution in [0, 0.1) is 10.1 Å². The number of nitro groups is 1. The highest BCUT2D eigenvalue weighted by molar-refractivity contribution is 7.15. The second-order valence-electron chi connectivity index (χ2n) is 4.45. The van der Waals surface area contributed by atoms with Crippen molar-refractivity contribution in [3.8, 4) is 0 Å². The number of thiophene rings is 1. The molecule has 0 saturated carbocycles. The average molecular weight is 292 g/mol. The maximum Gasteiger partial charge on any atom is 0.324 e. The predicted octanol–water partition coefficient (Wildman–Crippen LogP) is 2.35. The molecular weight excluding hydrogens is 276 g/mol. The van der Waals surface area contributed by atoms with Gasteiger partial charge in [0.15, 0.2) is 0 Å². The van der Waals surface area contributed by atoms with Gasteiger partial charge < -0.3 is 10.4 Å². The van der Waals surface area contributed by atoms with Crippen molar-refractivity contribution in [2.24, 2.45) is 0 Å². The van der Waals surface area contributed by atoms with Crippen molar-refractivity contribution in [3.05, 3.63) is 63.0 Å². The van der Waals surface area contributed by atoms with Gasteiger partial charge in [-0.3, -0.25) is 10.1 Å². The van der Waals surface area contributed by atoms with Crippen LogP contribution in [0.5, 0.6) is 0 Å². The number of hydrogen-bond donors (Lipinski definition) is 2. The summed E-state index contributed by atoms with van der Waals surface area (Å²) in [5, 5.41) is 23.4. The largest absolute Gasteiger partial charge is 0.395 e. The number of aliphatic hydroxyl groups is 1. The molecule has 0 spiro atoms. The molecule has 2 rings (SSSR count). The van der Waals surface area contributed by atoms with Gasteiger partial charge in [-0.15, -0.1) is 0 Å². The summed E-state index contributed by atoms with van der Waals surface area (Å²) in [4.78, 5) is 11.1. The number of nitrogens with zero attached hydrogens (tertiary/aromatic N) is 1. The van der Waals surface area contributed by atoms with E-state index in [0.29, 0.717) is 6.54 Å². The standard InChI is InChI=1S/C14H16N2O3S/c17-10-12(8-11-4-2-1-3-5-11)15-9-13-6-7-14(20-13)16(18)19/h1-7,12,15,17H,8-10H2. The van der Waals surface area contributed by atoms with Crippen LogP contribution in [-0.4, -0.2) is 22.7 Å². The molecule has 1 aromatic carbocycles. The van der Waals surface area contributed by atoms with Crippen LogP contribution in [0.1, 0.15) is 10.4 Å². The Balaban J connectivity index is 1.88. The number of aliphatic hydroxyl groups excluding tert-OH is 1. The van der Waals surface area contributed by atoms with Gasteiger partial charge in [0, 0.05) is 23.5 Å². The quantitative estimate of drug-likeness (QED) is 0.607. The van der Waals surface area contributed by atoms with Gasteiger partial charge in [0.2, 0.25) is 0 Å². The Bertz CT molecular complexity index is 557. The van der Waals surface area contributed by atoms with Gasteiger partial charge in [0.1, 0.15) is 0 Å². The van der Waals surface area contributed by atoms with E-state index in [0.717, 1.165) is 28.2 Å². The zero-order valence-electron chi connectivity index (χ0n) is 10.9. The molecule has 1 heterocycles. The Hall–Kier alpha value is -1.76. The van der Waals surface area contributed by atoms with E-state index in [9.17, 15) is 15.2 Å². The van der Waals surface area contributed by atoms with Gasteiger partial charge >= 0.3 is 5.00 Å². The van der Waals surface area contributed by atoms with E-state index < -0.39 is 0 Å². The van der Waals surface area contributed by atoms with Gasteiger partial charge in [0.25, 0.3) is 0 Å². The fourth-order valence-corrected chi connectivity index (χ4v) is 2.68. The molecule has 0 amide bonds. The normalized spacial score (nSPS) is 12.2. The molecule has 20 heavy (non-hydrogen) atoms. The summed E-state index contributed by atoms with van der Waals surface area (Å²) in [6.45, 7) is 0.554. The first kappa shape index (κ1) is 14.6. The SMILES string of the molecule is O=[N+]([O-])c1ccc(CNC(CO)Cc2ccccc2)s1. The molecule has 0 saturated heterocycles. The van der Waals surface area contributed by atoms with Crippen LogP contribution in [0.4, 0.5) is 5.00 Å². The topological polar surface area (TPSA) is 75.4 Å². The minimum Gasteiger partial charge on any atom is -0.395 e. The molecule has 6 heteroatoms. The smallest absolute Gasteiger partial charge is 0.324 e. The van der Waals surface area contributed by atoms with Crippen LogP contribution < -0.4 is 5.32 Å². The van der Waals surface area contributed by atoms with Crippen LogP contribution in [0.3, 0.4) is 0 Å². The minimum absolute atomic E-state index is 0.0301. The number of benzene rings is 1. The Morgan fingerprint density at radius 2 is 2.00 bits per heavy atom. The Kier molecular flexibility index (Phi) is 5.23. The lowest BCUT2D eigenvalue weighted by atomic mass is 10.1.